The molecule has 34 heavy (non-hydrogen) atoms. The van der Waals surface area contributed by atoms with Crippen molar-refractivity contribution in [1.29, 1.82) is 0 Å². The molecule has 1 fully saturated rings. The monoisotopic (exact) mass is 459 g/mol. The van der Waals surface area contributed by atoms with Gasteiger partial charge in [0.25, 0.3) is 5.91 Å². The maximum Gasteiger partial charge on any atom is 0.290 e. The van der Waals surface area contributed by atoms with Crippen molar-refractivity contribution >= 4 is 11.7 Å². The van der Waals surface area contributed by atoms with E-state index in [4.69, 9.17) is 13.9 Å². The van der Waals surface area contributed by atoms with E-state index < -0.39 is 23.5 Å². The van der Waals surface area contributed by atoms with Crippen molar-refractivity contribution in [2.45, 2.75) is 31.6 Å². The molecule has 7 nitrogen and oxygen atoms in total. The Morgan fingerprint density at radius 3 is 2.53 bits per heavy atom. The summed E-state index contributed by atoms with van der Waals surface area (Å²) in [7, 11) is 0. The lowest BCUT2D eigenvalue weighted by Gasteiger charge is -2.28. The molecule has 7 heteroatoms. The third kappa shape index (κ3) is 4.34. The first-order valence-corrected chi connectivity index (χ1v) is 11.3. The van der Waals surface area contributed by atoms with Gasteiger partial charge in [-0.2, -0.15) is 0 Å². The van der Waals surface area contributed by atoms with Crippen LogP contribution in [0.3, 0.4) is 0 Å². The lowest BCUT2D eigenvalue weighted by molar-refractivity contribution is -0.131. The average molecular weight is 459 g/mol. The van der Waals surface area contributed by atoms with Gasteiger partial charge >= 0.3 is 0 Å². The van der Waals surface area contributed by atoms with Crippen LogP contribution >= 0.6 is 0 Å². The Labute approximate surface area is 197 Å². The zero-order valence-electron chi connectivity index (χ0n) is 18.6. The Balaban J connectivity index is 1.43. The van der Waals surface area contributed by atoms with Gasteiger partial charge in [0.05, 0.1) is 24.0 Å². The van der Waals surface area contributed by atoms with E-state index in [2.05, 4.69) is 0 Å². The van der Waals surface area contributed by atoms with Gasteiger partial charge in [-0.1, -0.05) is 42.5 Å². The van der Waals surface area contributed by atoms with Crippen LogP contribution in [0.5, 0.6) is 5.75 Å². The molecule has 5 rings (SSSR count). The number of aliphatic hydroxyl groups is 1. The molecule has 2 aromatic carbocycles. The molecule has 2 atom stereocenters. The summed E-state index contributed by atoms with van der Waals surface area (Å²) in [5.41, 5.74) is 1.75. The van der Waals surface area contributed by atoms with Crippen molar-refractivity contribution < 1.29 is 28.6 Å². The third-order valence-corrected chi connectivity index (χ3v) is 6.16. The summed E-state index contributed by atoms with van der Waals surface area (Å²) in [6, 6.07) is 19.4. The molecule has 174 valence electrons. The summed E-state index contributed by atoms with van der Waals surface area (Å²) in [6.07, 6.45) is 3.00. The topological polar surface area (TPSA) is 89.2 Å². The van der Waals surface area contributed by atoms with Crippen LogP contribution in [0, 0.1) is 0 Å². The van der Waals surface area contributed by atoms with Crippen LogP contribution in [-0.4, -0.2) is 41.0 Å². The molecular weight excluding hydrogens is 434 g/mol. The average Bonchev–Trinajstić information content (AvgIpc) is 3.63. The van der Waals surface area contributed by atoms with Crippen LogP contribution in [0.1, 0.15) is 40.6 Å². The Bertz CT molecular complexity index is 1180. The van der Waals surface area contributed by atoms with E-state index in [0.717, 1.165) is 18.4 Å². The number of furan rings is 1. The van der Waals surface area contributed by atoms with Crippen LogP contribution in [0.25, 0.3) is 0 Å². The molecule has 1 aromatic heterocycles. The Kier molecular flexibility index (Phi) is 6.18. The highest BCUT2D eigenvalue weighted by atomic mass is 16.5. The van der Waals surface area contributed by atoms with E-state index >= 15 is 0 Å². The number of hydrogen-bond acceptors (Lipinski definition) is 6. The second-order valence-electron chi connectivity index (χ2n) is 8.41. The Morgan fingerprint density at radius 1 is 1.06 bits per heavy atom. The highest BCUT2D eigenvalue weighted by Crippen LogP contribution is 2.40. The van der Waals surface area contributed by atoms with Gasteiger partial charge in [-0.15, -0.1) is 0 Å². The summed E-state index contributed by atoms with van der Waals surface area (Å²) in [5.74, 6) is -0.912. The molecule has 0 unspecified atom stereocenters. The van der Waals surface area contributed by atoms with Crippen molar-refractivity contribution in [3.05, 3.63) is 101 Å². The molecule has 0 radical (unpaired) electrons. The van der Waals surface area contributed by atoms with E-state index in [1.54, 1.807) is 18.2 Å². The number of hydrogen-bond donors (Lipinski definition) is 1. The van der Waals surface area contributed by atoms with Gasteiger partial charge in [0, 0.05) is 13.2 Å². The molecular formula is C27H25NO6. The highest BCUT2D eigenvalue weighted by Gasteiger charge is 2.45. The van der Waals surface area contributed by atoms with Crippen LogP contribution in [0.2, 0.25) is 0 Å². The second kappa shape index (κ2) is 9.57. The first-order valence-electron chi connectivity index (χ1n) is 11.3. The second-order valence-corrected chi connectivity index (χ2v) is 8.41. The minimum absolute atomic E-state index is 0.0101. The number of carbonyl (C=O) groups is 2. The number of amides is 1. The van der Waals surface area contributed by atoms with Crippen molar-refractivity contribution in [1.82, 2.24) is 4.90 Å². The zero-order valence-corrected chi connectivity index (χ0v) is 18.6. The summed E-state index contributed by atoms with van der Waals surface area (Å²) in [6.45, 7) is 1.35. The van der Waals surface area contributed by atoms with Crippen molar-refractivity contribution in [3.63, 3.8) is 0 Å². The smallest absolute Gasteiger partial charge is 0.290 e. The fourth-order valence-electron chi connectivity index (χ4n) is 4.46. The highest BCUT2D eigenvalue weighted by molar-refractivity contribution is 6.15. The van der Waals surface area contributed by atoms with Crippen LogP contribution in [0.4, 0.5) is 0 Å². The summed E-state index contributed by atoms with van der Waals surface area (Å²) >= 11 is 0. The van der Waals surface area contributed by atoms with Crippen LogP contribution in [0.15, 0.2) is 88.7 Å². The lowest BCUT2D eigenvalue weighted by Crippen LogP contribution is -2.37. The third-order valence-electron chi connectivity index (χ3n) is 6.16. The largest absolute Gasteiger partial charge is 0.503 e. The number of ether oxygens (including phenoxy) is 2. The van der Waals surface area contributed by atoms with Gasteiger partial charge in [-0.05, 0) is 48.2 Å². The Hall–Kier alpha value is -3.84. The molecule has 1 amide bonds. The van der Waals surface area contributed by atoms with E-state index in [0.29, 0.717) is 24.5 Å². The molecule has 0 saturated carbocycles. The van der Waals surface area contributed by atoms with Crippen LogP contribution < -0.4 is 4.74 Å². The van der Waals surface area contributed by atoms with Gasteiger partial charge < -0.3 is 23.9 Å². The van der Waals surface area contributed by atoms with Gasteiger partial charge in [-0.3, -0.25) is 9.59 Å². The summed E-state index contributed by atoms with van der Waals surface area (Å²) in [5, 5.41) is 10.7. The number of aliphatic hydroxyl groups excluding tert-OH is 1. The molecule has 1 N–H and O–H groups in total. The van der Waals surface area contributed by atoms with E-state index in [1.165, 1.54) is 17.2 Å². The standard InChI is InChI=1S/C27H25NO6/c29-25(22-9-5-15-33-22)23-24(28(27(31)26(23)30)16-21-8-4-14-32-21)19-10-12-20(13-11-19)34-17-18-6-2-1-3-7-18/h1-3,5-7,9-13,15,21,24,30H,4,8,14,16-17H2/t21-,24-/m0/s1. The molecule has 0 spiro atoms. The maximum absolute atomic E-state index is 13.2. The molecule has 3 aromatic rings. The first-order chi connectivity index (χ1) is 16.6. The number of benzene rings is 2. The van der Waals surface area contributed by atoms with Gasteiger partial charge in [0.2, 0.25) is 5.78 Å². The number of nitrogens with zero attached hydrogens (tertiary/aromatic N) is 1. The predicted molar refractivity (Wildman–Crippen MR) is 123 cm³/mol. The van der Waals surface area contributed by atoms with Crippen molar-refractivity contribution in [2.75, 3.05) is 13.2 Å². The fraction of sp³-hybridized carbons (Fsp3) is 0.259. The molecule has 2 aliphatic heterocycles. The quantitative estimate of drug-likeness (QED) is 0.495. The molecule has 0 aliphatic carbocycles. The molecule has 0 bridgehead atoms. The lowest BCUT2D eigenvalue weighted by atomic mass is 9.95. The van der Waals surface area contributed by atoms with Crippen molar-refractivity contribution in [3.8, 4) is 5.75 Å². The maximum atomic E-state index is 13.2. The number of ketones is 1. The summed E-state index contributed by atoms with van der Waals surface area (Å²) in [4.78, 5) is 27.8. The van der Waals surface area contributed by atoms with Gasteiger partial charge in [0.15, 0.2) is 11.5 Å². The normalized spacial score (nSPS) is 20.2. The number of rotatable bonds is 8. The molecule has 2 aliphatic rings. The van der Waals surface area contributed by atoms with Crippen LogP contribution in [-0.2, 0) is 16.1 Å². The van der Waals surface area contributed by atoms with E-state index in [1.807, 2.05) is 42.5 Å². The SMILES string of the molecule is O=C(C1=C(O)C(=O)N(C[C@@H]2CCCO2)[C@H]1c1ccc(OCc2ccccc2)cc1)c1ccco1. The van der Waals surface area contributed by atoms with E-state index in [-0.39, 0.29) is 24.0 Å². The fourth-order valence-corrected chi connectivity index (χ4v) is 4.46. The molecule has 3 heterocycles. The van der Waals surface area contributed by atoms with Gasteiger partial charge in [-0.25, -0.2) is 0 Å². The number of carbonyl (C=O) groups excluding carboxylic acids is 2. The summed E-state index contributed by atoms with van der Waals surface area (Å²) < 4.78 is 16.9. The predicted octanol–water partition coefficient (Wildman–Crippen LogP) is 4.62. The first kappa shape index (κ1) is 22.0. The zero-order chi connectivity index (χ0) is 23.5. The van der Waals surface area contributed by atoms with Crippen molar-refractivity contribution in [2.24, 2.45) is 0 Å². The van der Waals surface area contributed by atoms with E-state index in [9.17, 15) is 14.7 Å². The Morgan fingerprint density at radius 2 is 1.85 bits per heavy atom. The minimum Gasteiger partial charge on any atom is -0.503 e. The van der Waals surface area contributed by atoms with Gasteiger partial charge in [0.1, 0.15) is 12.4 Å². The minimum atomic E-state index is -0.752. The molecule has 1 saturated heterocycles. The number of Topliss-reactive ketones (excluding diaryl/α,β-unsaturated/α-hetero) is 1.